The van der Waals surface area contributed by atoms with Crippen LogP contribution in [0.3, 0.4) is 0 Å². The van der Waals surface area contributed by atoms with Crippen LogP contribution in [0, 0.1) is 17.3 Å². The summed E-state index contributed by atoms with van der Waals surface area (Å²) < 4.78 is 25.8. The molecule has 0 aromatic carbocycles. The van der Waals surface area contributed by atoms with Gasteiger partial charge in [0.15, 0.2) is 0 Å². The molecule has 3 aliphatic rings. The van der Waals surface area contributed by atoms with Crippen molar-refractivity contribution in [3.8, 4) is 0 Å². The van der Waals surface area contributed by atoms with Gasteiger partial charge in [0.05, 0.1) is 11.9 Å². The van der Waals surface area contributed by atoms with Gasteiger partial charge in [-0.1, -0.05) is 0 Å². The van der Waals surface area contributed by atoms with Crippen LogP contribution in [-0.4, -0.2) is 70.1 Å². The predicted molar refractivity (Wildman–Crippen MR) is 116 cm³/mol. The lowest BCUT2D eigenvalue weighted by Crippen LogP contribution is -2.51. The molecule has 2 saturated carbocycles. The summed E-state index contributed by atoms with van der Waals surface area (Å²) in [5.74, 6) is -3.05. The molecule has 2 aromatic heterocycles. The lowest BCUT2D eigenvalue weighted by atomic mass is 9.81. The molecule has 178 valence electrons. The largest absolute Gasteiger partial charge is 0.381 e. The molecule has 0 radical (unpaired) electrons. The predicted octanol–water partition coefficient (Wildman–Crippen LogP) is 1.20. The fraction of sp³-hybridized carbons (Fsp3) is 0.636. The Kier molecular flexibility index (Phi) is 5.46. The zero-order valence-electron chi connectivity index (χ0n) is 18.2. The van der Waals surface area contributed by atoms with Crippen LogP contribution >= 0.6 is 0 Å². The first-order valence-electron chi connectivity index (χ1n) is 11.4. The van der Waals surface area contributed by atoms with Crippen molar-refractivity contribution >= 4 is 28.7 Å². The molecule has 1 saturated heterocycles. The van der Waals surface area contributed by atoms with Crippen LogP contribution in [0.1, 0.15) is 32.1 Å². The van der Waals surface area contributed by atoms with Gasteiger partial charge >= 0.3 is 0 Å². The van der Waals surface area contributed by atoms with E-state index in [4.69, 9.17) is 0 Å². The summed E-state index contributed by atoms with van der Waals surface area (Å²) in [6.45, 7) is 1.31. The molecule has 1 aliphatic heterocycles. The number of aliphatic hydroxyl groups is 1. The summed E-state index contributed by atoms with van der Waals surface area (Å²) in [6, 6.07) is 1.95. The number of H-pyrrole nitrogens is 1. The average molecular weight is 463 g/mol. The second-order valence-corrected chi connectivity index (χ2v) is 9.70. The van der Waals surface area contributed by atoms with Crippen LogP contribution < -0.4 is 15.5 Å². The van der Waals surface area contributed by atoms with Gasteiger partial charge < -0.3 is 25.6 Å². The highest BCUT2D eigenvalue weighted by Gasteiger charge is 2.55. The van der Waals surface area contributed by atoms with Crippen LogP contribution in [-0.2, 0) is 9.59 Å². The number of fused-ring (bicyclic) bond motifs is 1. The Morgan fingerprint density at radius 1 is 1.27 bits per heavy atom. The van der Waals surface area contributed by atoms with E-state index >= 15 is 0 Å². The maximum atomic E-state index is 12.9. The molecular weight excluding hydrogens is 434 g/mol. The highest BCUT2D eigenvalue weighted by Crippen LogP contribution is 2.56. The van der Waals surface area contributed by atoms with E-state index in [-0.39, 0.29) is 49.1 Å². The van der Waals surface area contributed by atoms with Crippen LogP contribution in [0.4, 0.5) is 14.6 Å². The van der Waals surface area contributed by atoms with Crippen molar-refractivity contribution in [2.24, 2.45) is 17.3 Å². The third-order valence-electron chi connectivity index (χ3n) is 7.29. The fourth-order valence-corrected chi connectivity index (χ4v) is 5.23. The number of aromatic nitrogens is 3. The minimum absolute atomic E-state index is 0.110. The number of hydrogen-bond acceptors (Lipinski definition) is 6. The van der Waals surface area contributed by atoms with E-state index < -0.39 is 17.9 Å². The second kappa shape index (κ2) is 8.19. The van der Waals surface area contributed by atoms with Gasteiger partial charge in [-0.2, -0.15) is 0 Å². The van der Waals surface area contributed by atoms with Crippen molar-refractivity contribution in [2.75, 3.05) is 31.1 Å². The number of anilines is 1. The fourth-order valence-electron chi connectivity index (χ4n) is 5.23. The molecule has 33 heavy (non-hydrogen) atoms. The van der Waals surface area contributed by atoms with E-state index in [2.05, 4.69) is 30.5 Å². The molecule has 2 aromatic rings. The molecular formula is C22H28F2N6O3. The number of alkyl halides is 2. The number of hydrogen-bond donors (Lipinski definition) is 4. The summed E-state index contributed by atoms with van der Waals surface area (Å²) in [7, 11) is 0. The van der Waals surface area contributed by atoms with Crippen LogP contribution in [0.25, 0.3) is 11.0 Å². The van der Waals surface area contributed by atoms with Gasteiger partial charge in [-0.05, 0) is 36.7 Å². The maximum Gasteiger partial charge on any atom is 0.250 e. The van der Waals surface area contributed by atoms with Crippen LogP contribution in [0.2, 0.25) is 0 Å². The molecule has 9 nitrogen and oxygen atoms in total. The summed E-state index contributed by atoms with van der Waals surface area (Å²) in [5, 5.41) is 16.3. The molecule has 11 heteroatoms. The van der Waals surface area contributed by atoms with Crippen LogP contribution in [0.5, 0.6) is 0 Å². The lowest BCUT2D eigenvalue weighted by Gasteiger charge is -2.39. The van der Waals surface area contributed by atoms with Gasteiger partial charge in [0.25, 0.3) is 5.91 Å². The number of carbonyl (C=O) groups is 2. The number of nitrogens with zero attached hydrogens (tertiary/aromatic N) is 3. The molecule has 0 bridgehead atoms. The third-order valence-corrected chi connectivity index (χ3v) is 7.29. The monoisotopic (exact) mass is 462 g/mol. The minimum atomic E-state index is -2.64. The Hall–Kier alpha value is -2.82. The first kappa shape index (κ1) is 22.0. The Morgan fingerprint density at radius 3 is 2.79 bits per heavy atom. The first-order valence-corrected chi connectivity index (χ1v) is 11.4. The van der Waals surface area contributed by atoms with Crippen molar-refractivity contribution in [3.05, 3.63) is 18.6 Å². The van der Waals surface area contributed by atoms with Gasteiger partial charge in [0, 0.05) is 44.6 Å². The lowest BCUT2D eigenvalue weighted by molar-refractivity contribution is -0.134. The van der Waals surface area contributed by atoms with E-state index in [0.717, 1.165) is 36.2 Å². The number of carbonyl (C=O) groups excluding carboxylic acids is 2. The normalized spacial score (nSPS) is 24.3. The second-order valence-electron chi connectivity index (χ2n) is 9.70. The van der Waals surface area contributed by atoms with Crippen molar-refractivity contribution < 1.29 is 23.5 Å². The van der Waals surface area contributed by atoms with Crippen molar-refractivity contribution in [2.45, 2.75) is 44.1 Å². The van der Waals surface area contributed by atoms with E-state index in [0.29, 0.717) is 13.0 Å². The SMILES string of the molecule is O=C(NCC1CC(F)(F)C1)[C@@H](O)CNC(=O)[C@@H]1CCN(c2ncnc3[nH]ccc23)CC12CC2. The smallest absolute Gasteiger partial charge is 0.250 e. The van der Waals surface area contributed by atoms with Gasteiger partial charge in [-0.25, -0.2) is 18.7 Å². The number of rotatable bonds is 7. The van der Waals surface area contributed by atoms with Crippen molar-refractivity contribution in [1.29, 1.82) is 0 Å². The molecule has 2 atom stereocenters. The van der Waals surface area contributed by atoms with E-state index in [1.54, 1.807) is 0 Å². The summed E-state index contributed by atoms with van der Waals surface area (Å²) in [6.07, 6.45) is 4.01. The standard InChI is InChI=1S/C22H28F2N6O3/c23-22(24)7-13(8-22)9-26-20(33)16(31)10-27-19(32)15-2-6-30(11-21(15)3-4-21)18-14-1-5-25-17(14)28-12-29-18/h1,5,12-13,15-16,31H,2-4,6-11H2,(H,26,33)(H,27,32)(H,25,28,29)/t15-,16-/m0/s1. The molecule has 4 N–H and O–H groups in total. The van der Waals surface area contributed by atoms with E-state index in [9.17, 15) is 23.5 Å². The summed E-state index contributed by atoms with van der Waals surface area (Å²) in [4.78, 5) is 38.9. The Bertz CT molecular complexity index is 1050. The van der Waals surface area contributed by atoms with E-state index in [1.165, 1.54) is 6.33 Å². The molecule has 5 rings (SSSR count). The average Bonchev–Trinajstić information content (AvgIpc) is 3.35. The molecule has 3 heterocycles. The number of amides is 2. The van der Waals surface area contributed by atoms with Crippen LogP contribution in [0.15, 0.2) is 18.6 Å². The number of piperidine rings is 1. The zero-order chi connectivity index (χ0) is 23.2. The first-order chi connectivity index (χ1) is 15.8. The number of halogens is 2. The van der Waals surface area contributed by atoms with Gasteiger partial charge in [-0.15, -0.1) is 0 Å². The molecule has 0 unspecified atom stereocenters. The molecule has 1 spiro atoms. The van der Waals surface area contributed by atoms with Gasteiger partial charge in [-0.3, -0.25) is 9.59 Å². The van der Waals surface area contributed by atoms with Gasteiger partial charge in [0.1, 0.15) is 23.9 Å². The third kappa shape index (κ3) is 4.38. The summed E-state index contributed by atoms with van der Waals surface area (Å²) in [5.41, 5.74) is 0.654. The quantitative estimate of drug-likeness (QED) is 0.491. The highest BCUT2D eigenvalue weighted by molar-refractivity contribution is 5.88. The highest BCUT2D eigenvalue weighted by atomic mass is 19.3. The Labute approximate surface area is 189 Å². The zero-order valence-corrected chi connectivity index (χ0v) is 18.2. The van der Waals surface area contributed by atoms with E-state index in [1.807, 2.05) is 12.3 Å². The molecule has 3 fully saturated rings. The maximum absolute atomic E-state index is 12.9. The Morgan fingerprint density at radius 2 is 2.06 bits per heavy atom. The number of aliphatic hydroxyl groups excluding tert-OH is 1. The van der Waals surface area contributed by atoms with Gasteiger partial charge in [0.2, 0.25) is 11.8 Å². The van der Waals surface area contributed by atoms with Crippen molar-refractivity contribution in [3.63, 3.8) is 0 Å². The minimum Gasteiger partial charge on any atom is -0.381 e. The summed E-state index contributed by atoms with van der Waals surface area (Å²) >= 11 is 0. The van der Waals surface area contributed by atoms with Crippen molar-refractivity contribution in [1.82, 2.24) is 25.6 Å². The number of aromatic amines is 1. The topological polar surface area (TPSA) is 123 Å². The molecule has 2 amide bonds. The number of nitrogens with one attached hydrogen (secondary N) is 3. The molecule has 2 aliphatic carbocycles. The Balaban J connectivity index is 1.12.